The number of anilines is 6. The second-order valence-corrected chi connectivity index (χ2v) is 31.1. The van der Waals surface area contributed by atoms with Gasteiger partial charge in [-0.15, -0.1) is 0 Å². The first kappa shape index (κ1) is 54.5. The van der Waals surface area contributed by atoms with Gasteiger partial charge in [0, 0.05) is 91.2 Å². The third kappa shape index (κ3) is 9.48. The van der Waals surface area contributed by atoms with Crippen LogP contribution in [0.15, 0.2) is 291 Å². The van der Waals surface area contributed by atoms with Gasteiger partial charge in [-0.1, -0.05) is 281 Å². The van der Waals surface area contributed by atoms with Crippen molar-refractivity contribution in [3.63, 3.8) is 0 Å². The summed E-state index contributed by atoms with van der Waals surface area (Å²) in [5.41, 5.74) is 25.4. The van der Waals surface area contributed by atoms with Crippen molar-refractivity contribution in [3.8, 4) is 78.1 Å². The highest BCUT2D eigenvalue weighted by molar-refractivity contribution is 6.09. The predicted molar refractivity (Wildman–Crippen MR) is 425 cm³/mol. The summed E-state index contributed by atoms with van der Waals surface area (Å²) in [7, 11) is 0. The smallest absolute Gasteiger partial charge is 0.0667 e. The lowest BCUT2D eigenvalue weighted by atomic mass is 9.73. The molecule has 0 spiro atoms. The maximum Gasteiger partial charge on any atom is 0.0667 e. The molecule has 101 heavy (non-hydrogen) atoms. The van der Waals surface area contributed by atoms with Gasteiger partial charge < -0.3 is 18.9 Å². The highest BCUT2D eigenvalue weighted by atomic mass is 15.2. The number of rotatable bonds is 8. The quantitative estimate of drug-likeness (QED) is 0.151. The number of para-hydroxylation sites is 2. The topological polar surface area (TPSA) is 16.3 Å². The van der Waals surface area contributed by atoms with Gasteiger partial charge in [0.1, 0.15) is 0 Å². The highest BCUT2D eigenvalue weighted by Crippen LogP contribution is 2.65. The van der Waals surface area contributed by atoms with Crippen LogP contribution in [-0.2, 0) is 29.1 Å². The molecule has 2 aliphatic heterocycles. The Morgan fingerprint density at radius 2 is 0.644 bits per heavy atom. The van der Waals surface area contributed by atoms with E-state index in [9.17, 15) is 8.22 Å². The van der Waals surface area contributed by atoms with Gasteiger partial charge in [0.25, 0.3) is 0 Å². The number of hydrogen-bond acceptors (Lipinski definition) is 2. The van der Waals surface area contributed by atoms with E-state index in [4.69, 9.17) is 0 Å². The Labute approximate surface area is 602 Å². The summed E-state index contributed by atoms with van der Waals surface area (Å²) >= 11 is 0. The van der Waals surface area contributed by atoms with Crippen LogP contribution in [0.3, 0.4) is 0 Å². The van der Waals surface area contributed by atoms with Crippen molar-refractivity contribution in [2.45, 2.75) is 97.3 Å². The van der Waals surface area contributed by atoms with Crippen molar-refractivity contribution < 1.29 is 8.22 Å². The number of benzene rings is 13. The molecular weight excluding hydrogens is 1220 g/mol. The van der Waals surface area contributed by atoms with Crippen LogP contribution >= 0.6 is 0 Å². The average Bonchev–Trinajstić information content (AvgIpc) is 1.24. The molecule has 0 fully saturated rings. The number of hydrogen-bond donors (Lipinski definition) is 0. The minimum absolute atomic E-state index is 0.0422. The molecule has 0 amide bonds. The van der Waals surface area contributed by atoms with Crippen LogP contribution in [-0.4, -0.2) is 9.13 Å². The largest absolute Gasteiger partial charge is 0.313 e. The van der Waals surface area contributed by atoms with Crippen LogP contribution in [0.5, 0.6) is 0 Å². The fourth-order valence-corrected chi connectivity index (χ4v) is 16.8. The molecule has 0 N–H and O–H groups in total. The van der Waals surface area contributed by atoms with Crippen molar-refractivity contribution >= 4 is 55.9 Å². The van der Waals surface area contributed by atoms with E-state index in [0.29, 0.717) is 35.3 Å². The Bertz CT molecular complexity index is 5770. The van der Waals surface area contributed by atoms with Crippen LogP contribution in [0.1, 0.15) is 132 Å². The Morgan fingerprint density at radius 3 is 1.00 bits per heavy atom. The van der Waals surface area contributed by atoms with Gasteiger partial charge in [-0.3, -0.25) is 0 Å². The molecule has 0 unspecified atom stereocenters. The first-order valence-electron chi connectivity index (χ1n) is 38.6. The van der Waals surface area contributed by atoms with E-state index in [1.54, 1.807) is 0 Å². The van der Waals surface area contributed by atoms with E-state index in [1.807, 2.05) is 12.1 Å². The SMILES string of the molecule is [2H]c1c([2H])c(-n2c3c(c4ccccc42)-c2ccccc2C3)c([2H])c2c1C1c3c(cc(C(C)(C)C)cc3N(c3c(-c4ccccc4)cc(C(C)(C)C)cc3-c3ccccc3)c3c([2H])c(-n4c5c(c6ccccc64)-c4ccccc4C5)c([2H])c([2H])c31)N2c1c(-c2ccccc2)cc(C(C)(C)C)cc1-c1ccccc1. The maximum absolute atomic E-state index is 11.8. The normalized spacial score (nSPS) is 14.5. The molecule has 15 aromatic rings. The highest BCUT2D eigenvalue weighted by Gasteiger charge is 2.45. The van der Waals surface area contributed by atoms with E-state index < -0.39 is 11.3 Å². The van der Waals surface area contributed by atoms with Gasteiger partial charge in [-0.05, 0) is 161 Å². The lowest BCUT2D eigenvalue weighted by Crippen LogP contribution is -2.31. The summed E-state index contributed by atoms with van der Waals surface area (Å²) in [5, 5.41) is 2.00. The van der Waals surface area contributed by atoms with Gasteiger partial charge in [0.15, 0.2) is 0 Å². The van der Waals surface area contributed by atoms with Gasteiger partial charge in [0.05, 0.1) is 53.4 Å². The van der Waals surface area contributed by atoms with Crippen molar-refractivity contribution in [1.82, 2.24) is 9.13 Å². The predicted octanol–water partition coefficient (Wildman–Crippen LogP) is 26.0. The zero-order chi connectivity index (χ0) is 73.6. The van der Waals surface area contributed by atoms with Gasteiger partial charge in [-0.2, -0.15) is 0 Å². The summed E-state index contributed by atoms with van der Waals surface area (Å²) in [6.07, 6.45) is 1.10. The molecule has 4 aliphatic rings. The fraction of sp³-hybridized carbons (Fsp3) is 0.155. The monoisotopic (exact) mass is 1310 g/mol. The van der Waals surface area contributed by atoms with E-state index in [2.05, 4.69) is 324 Å². The molecule has 0 radical (unpaired) electrons. The van der Waals surface area contributed by atoms with E-state index in [-0.39, 0.29) is 58.5 Å². The minimum Gasteiger partial charge on any atom is -0.313 e. The summed E-state index contributed by atoms with van der Waals surface area (Å²) in [6, 6.07) is 89.5. The van der Waals surface area contributed by atoms with Crippen molar-refractivity contribution in [1.29, 1.82) is 0 Å². The average molecular weight is 1310 g/mol. The first-order valence-corrected chi connectivity index (χ1v) is 35.6. The third-order valence-electron chi connectivity index (χ3n) is 21.8. The molecular formula is C97H80N4. The van der Waals surface area contributed by atoms with Crippen LogP contribution in [0.25, 0.3) is 99.9 Å². The van der Waals surface area contributed by atoms with Gasteiger partial charge >= 0.3 is 0 Å². The molecule has 0 atom stereocenters. The van der Waals surface area contributed by atoms with E-state index in [0.717, 1.165) is 156 Å². The van der Waals surface area contributed by atoms with E-state index in [1.165, 1.54) is 0 Å². The standard InChI is InChI=1S/C97H80N4/c1-95(2,3)66-52-77(60-30-14-10-15-31-60)93(78(53-66)61-32-16-11-17-33-61)100-83-58-69(98-81-44-28-26-42-73(81)89-71-40-24-22-38-64(71)50-85(89)98)46-48-75(83)91-76-49-47-70(99-82-45-29-27-43-74(82)90-72-41-25-23-39-65(72)51-86(90)99)59-84(76)101(88-57-68(97(7,8)9)56-87(100)92(88)91)94-79(62-34-18-12-19-35-62)54-67(96(4,5)6)55-80(94)63-36-20-13-21-37-63/h10-49,52-59,91H,50-51H2,1-9H3/i46D,47D,48D,49D,58D,59D. The lowest BCUT2D eigenvalue weighted by Gasteiger charge is -2.47. The van der Waals surface area contributed by atoms with Crippen molar-refractivity contribution in [2.24, 2.45) is 0 Å². The Kier molecular flexibility index (Phi) is 12.1. The molecule has 0 bridgehead atoms. The summed E-state index contributed by atoms with van der Waals surface area (Å²) in [5.74, 6) is -1.10. The third-order valence-corrected chi connectivity index (χ3v) is 21.8. The van der Waals surface area contributed by atoms with Crippen molar-refractivity contribution in [2.75, 3.05) is 9.80 Å². The minimum atomic E-state index is -1.10. The fourth-order valence-electron chi connectivity index (χ4n) is 16.8. The van der Waals surface area contributed by atoms with Crippen LogP contribution in [0.2, 0.25) is 0 Å². The molecule has 0 saturated carbocycles. The van der Waals surface area contributed by atoms with Crippen LogP contribution < -0.4 is 9.80 Å². The summed E-state index contributed by atoms with van der Waals surface area (Å²) in [6.45, 7) is 20.3. The Hall–Kier alpha value is -11.5. The molecule has 13 aromatic carbocycles. The maximum atomic E-state index is 11.8. The van der Waals surface area contributed by atoms with Gasteiger partial charge in [-0.25, -0.2) is 0 Å². The van der Waals surface area contributed by atoms with Crippen LogP contribution in [0, 0.1) is 0 Å². The number of fused-ring (bicyclic) bond motifs is 14. The molecule has 488 valence electrons. The Morgan fingerprint density at radius 1 is 0.327 bits per heavy atom. The molecule has 2 aliphatic carbocycles. The van der Waals surface area contributed by atoms with Crippen LogP contribution in [0.4, 0.5) is 34.1 Å². The summed E-state index contributed by atoms with van der Waals surface area (Å²) in [4.78, 5) is 4.61. The summed E-state index contributed by atoms with van der Waals surface area (Å²) < 4.78 is 73.0. The molecule has 19 rings (SSSR count). The molecule has 2 aromatic heterocycles. The number of nitrogens with zero attached hydrogens (tertiary/aromatic N) is 4. The van der Waals surface area contributed by atoms with Gasteiger partial charge in [0.2, 0.25) is 0 Å². The molecule has 4 heteroatoms. The molecule has 4 nitrogen and oxygen atoms in total. The zero-order valence-electron chi connectivity index (χ0n) is 64.5. The molecule has 0 saturated heterocycles. The number of aromatic nitrogens is 2. The zero-order valence-corrected chi connectivity index (χ0v) is 58.5. The lowest BCUT2D eigenvalue weighted by molar-refractivity contribution is 0.589. The first-order chi connectivity index (χ1) is 51.6. The second-order valence-electron chi connectivity index (χ2n) is 31.1. The Balaban J connectivity index is 1.04. The van der Waals surface area contributed by atoms with E-state index >= 15 is 0 Å². The molecule has 4 heterocycles. The van der Waals surface area contributed by atoms with Crippen molar-refractivity contribution in [3.05, 3.63) is 347 Å². The second kappa shape index (κ2) is 22.5.